The number of aryl methyl sites for hydroxylation is 1. The van der Waals surface area contributed by atoms with Gasteiger partial charge < -0.3 is 20.3 Å². The Balaban J connectivity index is 1.70. The number of imidazole rings is 1. The van der Waals surface area contributed by atoms with Crippen LogP contribution in [-0.4, -0.2) is 37.7 Å². The van der Waals surface area contributed by atoms with Gasteiger partial charge in [-0.05, 0) is 18.8 Å². The van der Waals surface area contributed by atoms with Gasteiger partial charge >= 0.3 is 0 Å². The number of rotatable bonds is 3. The van der Waals surface area contributed by atoms with E-state index in [1.54, 1.807) is 6.20 Å². The molecule has 1 saturated heterocycles. The number of piperidine rings is 1. The van der Waals surface area contributed by atoms with Crippen LogP contribution in [0.5, 0.6) is 0 Å². The molecule has 7 nitrogen and oxygen atoms in total. The Morgan fingerprint density at radius 1 is 1.24 bits per heavy atom. The third-order valence-corrected chi connectivity index (χ3v) is 4.89. The molecule has 2 aromatic rings. The summed E-state index contributed by atoms with van der Waals surface area (Å²) in [5.74, 6) is 2.12. The van der Waals surface area contributed by atoms with Crippen molar-refractivity contribution in [2.75, 3.05) is 23.7 Å². The summed E-state index contributed by atoms with van der Waals surface area (Å²) in [6.07, 6.45) is 4.80. The molecule has 3 rings (SSSR count). The van der Waals surface area contributed by atoms with E-state index in [4.69, 9.17) is 10.7 Å². The second-order valence-corrected chi connectivity index (χ2v) is 7.89. The normalized spacial score (nSPS) is 17.7. The van der Waals surface area contributed by atoms with Crippen LogP contribution in [0.2, 0.25) is 0 Å². The number of aliphatic hydroxyl groups excluding tert-OH is 1. The molecule has 0 spiro atoms. The number of anilines is 2. The molecule has 0 bridgehead atoms. The van der Waals surface area contributed by atoms with Gasteiger partial charge in [0, 0.05) is 44.0 Å². The van der Waals surface area contributed by atoms with Crippen molar-refractivity contribution < 1.29 is 5.11 Å². The lowest BCUT2D eigenvalue weighted by Crippen LogP contribution is -2.37. The van der Waals surface area contributed by atoms with Gasteiger partial charge in [-0.1, -0.05) is 20.8 Å². The average Bonchev–Trinajstić information content (AvgIpc) is 2.99. The number of nitrogen functional groups attached to an aromatic ring is 1. The fraction of sp³-hybridized carbons (Fsp3) is 0.611. The lowest BCUT2D eigenvalue weighted by Gasteiger charge is -2.34. The van der Waals surface area contributed by atoms with Gasteiger partial charge in [0.2, 0.25) is 5.95 Å². The molecule has 3 N–H and O–H groups in total. The van der Waals surface area contributed by atoms with E-state index in [9.17, 15) is 5.11 Å². The zero-order valence-corrected chi connectivity index (χ0v) is 15.5. The fourth-order valence-corrected chi connectivity index (χ4v) is 3.27. The molecular formula is C18H28N6O. The quantitative estimate of drug-likeness (QED) is 0.885. The lowest BCUT2D eigenvalue weighted by molar-refractivity contribution is 0.0823. The summed E-state index contributed by atoms with van der Waals surface area (Å²) in [5, 5.41) is 10.6. The molecule has 7 heteroatoms. The molecule has 25 heavy (non-hydrogen) atoms. The lowest BCUT2D eigenvalue weighted by atomic mass is 9.90. The summed E-state index contributed by atoms with van der Waals surface area (Å²) in [6.45, 7) is 7.97. The summed E-state index contributed by atoms with van der Waals surface area (Å²) in [6, 6.07) is 1.85. The van der Waals surface area contributed by atoms with Crippen LogP contribution in [0.1, 0.15) is 51.2 Å². The number of hydrogen-bond donors (Lipinski definition) is 2. The second-order valence-electron chi connectivity index (χ2n) is 7.89. The molecule has 2 aromatic heterocycles. The van der Waals surface area contributed by atoms with E-state index in [0.29, 0.717) is 11.8 Å². The highest BCUT2D eigenvalue weighted by Gasteiger charge is 2.30. The van der Waals surface area contributed by atoms with E-state index in [0.717, 1.165) is 37.4 Å². The van der Waals surface area contributed by atoms with Crippen LogP contribution >= 0.6 is 0 Å². The number of nitrogens with two attached hydrogens (primary N) is 1. The maximum atomic E-state index is 10.6. The number of aliphatic hydroxyl groups is 1. The zero-order valence-electron chi connectivity index (χ0n) is 15.5. The Bertz CT molecular complexity index is 727. The monoisotopic (exact) mass is 344 g/mol. The molecule has 1 aliphatic rings. The molecule has 0 aliphatic carbocycles. The third-order valence-electron chi connectivity index (χ3n) is 4.89. The van der Waals surface area contributed by atoms with Gasteiger partial charge in [-0.2, -0.15) is 4.98 Å². The minimum atomic E-state index is -0.533. The Kier molecular flexibility index (Phi) is 4.69. The highest BCUT2D eigenvalue weighted by Crippen LogP contribution is 2.31. The Morgan fingerprint density at radius 3 is 2.48 bits per heavy atom. The van der Waals surface area contributed by atoms with E-state index >= 15 is 0 Å². The van der Waals surface area contributed by atoms with E-state index in [1.807, 2.05) is 23.9 Å². The van der Waals surface area contributed by atoms with E-state index in [1.165, 1.54) is 0 Å². The molecule has 1 fully saturated rings. The maximum absolute atomic E-state index is 10.6. The van der Waals surface area contributed by atoms with Crippen molar-refractivity contribution >= 4 is 11.8 Å². The van der Waals surface area contributed by atoms with Crippen molar-refractivity contribution in [2.45, 2.75) is 45.1 Å². The van der Waals surface area contributed by atoms with Crippen LogP contribution in [0.3, 0.4) is 0 Å². The smallest absolute Gasteiger partial charge is 0.227 e. The molecule has 1 atom stereocenters. The Labute approximate surface area is 148 Å². The summed E-state index contributed by atoms with van der Waals surface area (Å²) >= 11 is 0. The van der Waals surface area contributed by atoms with Crippen LogP contribution < -0.4 is 10.6 Å². The first kappa shape index (κ1) is 17.7. The first-order chi connectivity index (χ1) is 11.8. The van der Waals surface area contributed by atoms with Crippen molar-refractivity contribution in [1.29, 1.82) is 0 Å². The van der Waals surface area contributed by atoms with E-state index < -0.39 is 6.10 Å². The number of nitrogens with zero attached hydrogens (tertiary/aromatic N) is 5. The first-order valence-electron chi connectivity index (χ1n) is 8.81. The minimum absolute atomic E-state index is 0.0709. The molecule has 0 saturated carbocycles. The van der Waals surface area contributed by atoms with Gasteiger partial charge in [-0.3, -0.25) is 0 Å². The van der Waals surface area contributed by atoms with Crippen LogP contribution in [-0.2, 0) is 12.5 Å². The average molecular weight is 344 g/mol. The van der Waals surface area contributed by atoms with Gasteiger partial charge in [0.15, 0.2) is 0 Å². The summed E-state index contributed by atoms with van der Waals surface area (Å²) in [7, 11) is 1.91. The van der Waals surface area contributed by atoms with Crippen LogP contribution in [0.25, 0.3) is 0 Å². The van der Waals surface area contributed by atoms with Crippen molar-refractivity contribution in [3.05, 3.63) is 30.0 Å². The van der Waals surface area contributed by atoms with Gasteiger partial charge in [-0.25, -0.2) is 9.97 Å². The molecule has 3 heterocycles. The summed E-state index contributed by atoms with van der Waals surface area (Å²) in [5.41, 5.74) is 6.87. The highest BCUT2D eigenvalue weighted by atomic mass is 16.3. The molecule has 136 valence electrons. The third kappa shape index (κ3) is 3.76. The number of hydrogen-bond acceptors (Lipinski definition) is 6. The van der Waals surface area contributed by atoms with Gasteiger partial charge in [0.25, 0.3) is 0 Å². The molecular weight excluding hydrogens is 316 g/mol. The molecule has 1 unspecified atom stereocenters. The Morgan fingerprint density at radius 2 is 1.92 bits per heavy atom. The standard InChI is InChI=1S/C18H28N6O/c1-18(2,3)13-11-14(19)22-17(21-13)24-8-5-12(6-9-24)15(25)16-20-7-10-23(16)4/h7,10-12,15,25H,5-6,8-9H2,1-4H3,(H2,19,21,22). The van der Waals surface area contributed by atoms with Crippen LogP contribution in [0.15, 0.2) is 18.5 Å². The second kappa shape index (κ2) is 6.63. The fourth-order valence-electron chi connectivity index (χ4n) is 3.27. The summed E-state index contributed by atoms with van der Waals surface area (Å²) in [4.78, 5) is 15.6. The highest BCUT2D eigenvalue weighted by molar-refractivity contribution is 5.42. The van der Waals surface area contributed by atoms with Crippen LogP contribution in [0, 0.1) is 5.92 Å². The van der Waals surface area contributed by atoms with Crippen molar-refractivity contribution in [1.82, 2.24) is 19.5 Å². The molecule has 1 aliphatic heterocycles. The maximum Gasteiger partial charge on any atom is 0.227 e. The largest absolute Gasteiger partial charge is 0.385 e. The zero-order chi connectivity index (χ0) is 18.2. The minimum Gasteiger partial charge on any atom is -0.385 e. The first-order valence-corrected chi connectivity index (χ1v) is 8.81. The van der Waals surface area contributed by atoms with E-state index in [2.05, 4.69) is 35.6 Å². The molecule has 0 radical (unpaired) electrons. The number of aromatic nitrogens is 4. The van der Waals surface area contributed by atoms with Crippen molar-refractivity contribution in [2.24, 2.45) is 13.0 Å². The Hall–Kier alpha value is -2.15. The van der Waals surface area contributed by atoms with Gasteiger partial charge in [0.05, 0.1) is 5.69 Å². The predicted octanol–water partition coefficient (Wildman–Crippen LogP) is 2.04. The van der Waals surface area contributed by atoms with Gasteiger partial charge in [0.1, 0.15) is 17.7 Å². The molecule has 0 aromatic carbocycles. The topological polar surface area (TPSA) is 93.1 Å². The molecule has 0 amide bonds. The van der Waals surface area contributed by atoms with Crippen molar-refractivity contribution in [3.63, 3.8) is 0 Å². The van der Waals surface area contributed by atoms with Crippen molar-refractivity contribution in [3.8, 4) is 0 Å². The van der Waals surface area contributed by atoms with E-state index in [-0.39, 0.29) is 11.3 Å². The van der Waals surface area contributed by atoms with Crippen LogP contribution in [0.4, 0.5) is 11.8 Å². The summed E-state index contributed by atoms with van der Waals surface area (Å²) < 4.78 is 1.88. The predicted molar refractivity (Wildman–Crippen MR) is 98.2 cm³/mol. The van der Waals surface area contributed by atoms with Gasteiger partial charge in [-0.15, -0.1) is 0 Å². The SMILES string of the molecule is Cn1ccnc1C(O)C1CCN(c2nc(N)cc(C(C)(C)C)n2)CC1.